The van der Waals surface area contributed by atoms with Crippen LogP contribution in [0.3, 0.4) is 0 Å². The van der Waals surface area contributed by atoms with Crippen molar-refractivity contribution in [2.45, 2.75) is 6.92 Å². The first-order valence-electron chi connectivity index (χ1n) is 5.85. The largest absolute Gasteiger partial charge is 0.411 e. The van der Waals surface area contributed by atoms with E-state index in [0.717, 1.165) is 44.3 Å². The Bertz CT molecular complexity index is 371. The lowest BCUT2D eigenvalue weighted by molar-refractivity contribution is 0.279. The van der Waals surface area contributed by atoms with Gasteiger partial charge in [0, 0.05) is 38.9 Å². The highest BCUT2D eigenvalue weighted by atomic mass is 16.4. The normalized spacial score (nSPS) is 18.4. The fraction of sp³-hybridized carbons (Fsp3) is 0.500. The fourth-order valence-electron chi connectivity index (χ4n) is 2.03. The summed E-state index contributed by atoms with van der Waals surface area (Å²) in [6, 6.07) is 5.98. The minimum Gasteiger partial charge on any atom is -0.411 e. The molecule has 0 aliphatic carbocycles. The SMILES string of the molecule is CC(CN1CCN(c2ccccn2)CC1)=NO. The van der Waals surface area contributed by atoms with Gasteiger partial charge in [0.2, 0.25) is 0 Å². The van der Waals surface area contributed by atoms with Crippen molar-refractivity contribution < 1.29 is 5.21 Å². The number of piperazine rings is 1. The van der Waals surface area contributed by atoms with E-state index in [1.807, 2.05) is 31.3 Å². The first-order chi connectivity index (χ1) is 8.29. The Hall–Kier alpha value is -1.62. The molecule has 0 bridgehead atoms. The molecule has 5 nitrogen and oxygen atoms in total. The molecule has 92 valence electrons. The summed E-state index contributed by atoms with van der Waals surface area (Å²) < 4.78 is 0. The molecule has 0 atom stereocenters. The summed E-state index contributed by atoms with van der Waals surface area (Å²) in [5, 5.41) is 11.8. The molecule has 1 fully saturated rings. The lowest BCUT2D eigenvalue weighted by Gasteiger charge is -2.35. The standard InChI is InChI=1S/C12H18N4O/c1-11(14-17)10-15-6-8-16(9-7-15)12-4-2-3-5-13-12/h2-5,17H,6-10H2,1H3. The van der Waals surface area contributed by atoms with E-state index in [1.54, 1.807) is 0 Å². The molecule has 1 aromatic heterocycles. The molecule has 0 spiro atoms. The number of oxime groups is 1. The van der Waals surface area contributed by atoms with Gasteiger partial charge >= 0.3 is 0 Å². The maximum atomic E-state index is 8.64. The summed E-state index contributed by atoms with van der Waals surface area (Å²) in [5.74, 6) is 1.04. The molecule has 0 amide bonds. The van der Waals surface area contributed by atoms with Crippen molar-refractivity contribution >= 4 is 11.5 Å². The number of rotatable bonds is 3. The highest BCUT2D eigenvalue weighted by Gasteiger charge is 2.17. The second-order valence-corrected chi connectivity index (χ2v) is 4.29. The van der Waals surface area contributed by atoms with E-state index in [9.17, 15) is 0 Å². The van der Waals surface area contributed by atoms with Crippen molar-refractivity contribution in [2.24, 2.45) is 5.16 Å². The molecule has 17 heavy (non-hydrogen) atoms. The first-order valence-corrected chi connectivity index (χ1v) is 5.85. The number of hydrogen-bond acceptors (Lipinski definition) is 5. The minimum atomic E-state index is 0.743. The summed E-state index contributed by atoms with van der Waals surface area (Å²) in [5.41, 5.74) is 0.760. The Kier molecular flexibility index (Phi) is 3.93. The topological polar surface area (TPSA) is 52.0 Å². The minimum absolute atomic E-state index is 0.743. The van der Waals surface area contributed by atoms with Crippen molar-refractivity contribution in [1.29, 1.82) is 0 Å². The average molecular weight is 234 g/mol. The summed E-state index contributed by atoms with van der Waals surface area (Å²) in [4.78, 5) is 8.91. The molecule has 0 radical (unpaired) electrons. The fourth-order valence-corrected chi connectivity index (χ4v) is 2.03. The van der Waals surface area contributed by atoms with E-state index in [4.69, 9.17) is 5.21 Å². The molecular formula is C12H18N4O. The first kappa shape index (κ1) is 11.9. The maximum absolute atomic E-state index is 8.64. The van der Waals surface area contributed by atoms with Crippen LogP contribution in [-0.2, 0) is 0 Å². The molecule has 0 aromatic carbocycles. The van der Waals surface area contributed by atoms with E-state index in [0.29, 0.717) is 0 Å². The van der Waals surface area contributed by atoms with Gasteiger partial charge in [0.15, 0.2) is 0 Å². The van der Waals surface area contributed by atoms with Gasteiger partial charge in [0.25, 0.3) is 0 Å². The van der Waals surface area contributed by atoms with E-state index >= 15 is 0 Å². The van der Waals surface area contributed by atoms with Crippen molar-refractivity contribution in [3.63, 3.8) is 0 Å². The van der Waals surface area contributed by atoms with Gasteiger partial charge in [-0.25, -0.2) is 4.98 Å². The molecule has 0 saturated carbocycles. The zero-order valence-corrected chi connectivity index (χ0v) is 10.1. The number of anilines is 1. The molecule has 2 heterocycles. The van der Waals surface area contributed by atoms with Gasteiger partial charge in [-0.2, -0.15) is 0 Å². The van der Waals surface area contributed by atoms with E-state index in [2.05, 4.69) is 19.9 Å². The quantitative estimate of drug-likeness (QED) is 0.482. The number of hydrogen-bond donors (Lipinski definition) is 1. The van der Waals surface area contributed by atoms with Crippen molar-refractivity contribution in [3.8, 4) is 0 Å². The molecule has 1 saturated heterocycles. The smallest absolute Gasteiger partial charge is 0.128 e. The Labute approximate surface area is 101 Å². The van der Waals surface area contributed by atoms with Gasteiger partial charge < -0.3 is 10.1 Å². The van der Waals surface area contributed by atoms with Crippen LogP contribution in [0.4, 0.5) is 5.82 Å². The van der Waals surface area contributed by atoms with Gasteiger partial charge in [-0.05, 0) is 19.1 Å². The third kappa shape index (κ3) is 3.17. The zero-order chi connectivity index (χ0) is 12.1. The monoisotopic (exact) mass is 234 g/mol. The third-order valence-electron chi connectivity index (χ3n) is 2.97. The van der Waals surface area contributed by atoms with Crippen LogP contribution in [0.15, 0.2) is 29.6 Å². The van der Waals surface area contributed by atoms with Crippen LogP contribution in [0.25, 0.3) is 0 Å². The summed E-state index contributed by atoms with van der Waals surface area (Å²) in [7, 11) is 0. The van der Waals surface area contributed by atoms with E-state index < -0.39 is 0 Å². The Morgan fingerprint density at radius 1 is 1.35 bits per heavy atom. The molecule has 1 aromatic rings. The molecule has 2 rings (SSSR count). The molecule has 5 heteroatoms. The predicted octanol–water partition coefficient (Wildman–Crippen LogP) is 1.05. The second kappa shape index (κ2) is 5.63. The van der Waals surface area contributed by atoms with Crippen LogP contribution in [0.5, 0.6) is 0 Å². The Morgan fingerprint density at radius 3 is 2.71 bits per heavy atom. The molecule has 1 N–H and O–H groups in total. The molecular weight excluding hydrogens is 216 g/mol. The molecule has 1 aliphatic rings. The Balaban J connectivity index is 1.86. The van der Waals surface area contributed by atoms with Crippen molar-refractivity contribution in [1.82, 2.24) is 9.88 Å². The van der Waals surface area contributed by atoms with Crippen LogP contribution in [0.2, 0.25) is 0 Å². The van der Waals surface area contributed by atoms with Gasteiger partial charge in [-0.1, -0.05) is 11.2 Å². The second-order valence-electron chi connectivity index (χ2n) is 4.29. The van der Waals surface area contributed by atoms with Gasteiger partial charge in [-0.3, -0.25) is 4.90 Å². The maximum Gasteiger partial charge on any atom is 0.128 e. The highest BCUT2D eigenvalue weighted by molar-refractivity contribution is 5.83. The Morgan fingerprint density at radius 2 is 2.12 bits per heavy atom. The van der Waals surface area contributed by atoms with Crippen LogP contribution < -0.4 is 4.90 Å². The van der Waals surface area contributed by atoms with Crippen molar-refractivity contribution in [3.05, 3.63) is 24.4 Å². The average Bonchev–Trinajstić information content (AvgIpc) is 2.40. The van der Waals surface area contributed by atoms with E-state index in [-0.39, 0.29) is 0 Å². The number of aromatic nitrogens is 1. The van der Waals surface area contributed by atoms with Crippen LogP contribution >= 0.6 is 0 Å². The number of pyridine rings is 1. The summed E-state index contributed by atoms with van der Waals surface area (Å²) in [6.07, 6.45) is 1.82. The highest BCUT2D eigenvalue weighted by Crippen LogP contribution is 2.12. The van der Waals surface area contributed by atoms with Crippen molar-refractivity contribution in [2.75, 3.05) is 37.6 Å². The molecule has 0 unspecified atom stereocenters. The summed E-state index contributed by atoms with van der Waals surface area (Å²) in [6.45, 7) is 6.47. The van der Waals surface area contributed by atoms with Gasteiger partial charge in [0.05, 0.1) is 5.71 Å². The van der Waals surface area contributed by atoms with Crippen LogP contribution in [0, 0.1) is 0 Å². The van der Waals surface area contributed by atoms with Gasteiger partial charge in [0.1, 0.15) is 5.82 Å². The zero-order valence-electron chi connectivity index (χ0n) is 10.1. The van der Waals surface area contributed by atoms with Gasteiger partial charge in [-0.15, -0.1) is 0 Å². The lowest BCUT2D eigenvalue weighted by Crippen LogP contribution is -2.48. The summed E-state index contributed by atoms with van der Waals surface area (Å²) >= 11 is 0. The van der Waals surface area contributed by atoms with Crippen LogP contribution in [0.1, 0.15) is 6.92 Å². The van der Waals surface area contributed by atoms with E-state index in [1.165, 1.54) is 0 Å². The van der Waals surface area contributed by atoms with Crippen LogP contribution in [-0.4, -0.2) is 53.5 Å². The lowest BCUT2D eigenvalue weighted by atomic mass is 10.2. The predicted molar refractivity (Wildman–Crippen MR) is 67.8 cm³/mol. The number of nitrogens with zero attached hydrogens (tertiary/aromatic N) is 4. The third-order valence-corrected chi connectivity index (χ3v) is 2.97. The molecule has 1 aliphatic heterocycles.